The predicted octanol–water partition coefficient (Wildman–Crippen LogP) is 2.94. The molecular weight excluding hydrogens is 217 g/mol. The van der Waals surface area contributed by atoms with Crippen molar-refractivity contribution in [1.82, 2.24) is 4.90 Å². The van der Waals surface area contributed by atoms with E-state index >= 15 is 0 Å². The van der Waals surface area contributed by atoms with Crippen molar-refractivity contribution in [2.75, 3.05) is 26.7 Å². The second-order valence-electron chi connectivity index (χ2n) is 4.23. The van der Waals surface area contributed by atoms with Crippen LogP contribution in [-0.2, 0) is 0 Å². The zero-order chi connectivity index (χ0) is 12.3. The van der Waals surface area contributed by atoms with Crippen LogP contribution in [0.1, 0.15) is 18.9 Å². The molecule has 2 rings (SSSR count). The van der Waals surface area contributed by atoms with Gasteiger partial charge >= 0.3 is 0 Å². The van der Waals surface area contributed by atoms with Crippen LogP contribution in [0.3, 0.4) is 0 Å². The zero-order valence-electron chi connectivity index (χ0n) is 10.4. The van der Waals surface area contributed by atoms with Crippen molar-refractivity contribution < 1.29 is 9.13 Å². The highest BCUT2D eigenvalue weighted by Gasteiger charge is 2.15. The molecule has 0 bridgehead atoms. The van der Waals surface area contributed by atoms with Crippen LogP contribution in [-0.4, -0.2) is 31.6 Å². The molecule has 0 unspecified atom stereocenters. The predicted molar refractivity (Wildman–Crippen MR) is 67.7 cm³/mol. The number of likely N-dealkylation sites (N-methyl/N-ethyl adjacent to an activating group) is 1. The molecular formula is C14H18FNO. The molecule has 92 valence electrons. The number of hydrogen-bond acceptors (Lipinski definition) is 2. The number of nitrogens with zero attached hydrogens (tertiary/aromatic N) is 1. The number of methoxy groups -OCH3 is 1. The standard InChI is InChI=1S/C14H18FNO/c1-3-16-8-4-5-11(10-16)13-7-6-12(17-2)9-14(13)15/h5-7,9H,3-4,8,10H2,1-2H3. The molecule has 1 aromatic carbocycles. The Morgan fingerprint density at radius 2 is 2.24 bits per heavy atom. The van der Waals surface area contributed by atoms with Gasteiger partial charge in [-0.15, -0.1) is 0 Å². The largest absolute Gasteiger partial charge is 0.497 e. The second kappa shape index (κ2) is 5.32. The third-order valence-corrected chi connectivity index (χ3v) is 3.20. The Labute approximate surface area is 102 Å². The Hall–Kier alpha value is -1.35. The topological polar surface area (TPSA) is 12.5 Å². The third kappa shape index (κ3) is 2.67. The van der Waals surface area contributed by atoms with E-state index in [9.17, 15) is 4.39 Å². The van der Waals surface area contributed by atoms with E-state index in [1.807, 2.05) is 6.07 Å². The molecule has 0 aliphatic carbocycles. The summed E-state index contributed by atoms with van der Waals surface area (Å²) in [5.74, 6) is 0.364. The summed E-state index contributed by atoms with van der Waals surface area (Å²) in [6, 6.07) is 5.06. The van der Waals surface area contributed by atoms with Gasteiger partial charge in [-0.1, -0.05) is 13.0 Å². The van der Waals surface area contributed by atoms with Gasteiger partial charge in [-0.05, 0) is 30.7 Å². The highest BCUT2D eigenvalue weighted by Crippen LogP contribution is 2.25. The van der Waals surface area contributed by atoms with Crippen LogP contribution in [0.25, 0.3) is 5.57 Å². The van der Waals surface area contributed by atoms with Gasteiger partial charge < -0.3 is 4.74 Å². The first-order valence-corrected chi connectivity index (χ1v) is 6.00. The van der Waals surface area contributed by atoms with Gasteiger partial charge in [0.05, 0.1) is 7.11 Å². The van der Waals surface area contributed by atoms with Crippen molar-refractivity contribution in [3.8, 4) is 5.75 Å². The molecule has 3 heteroatoms. The van der Waals surface area contributed by atoms with E-state index in [4.69, 9.17) is 4.74 Å². The first-order valence-electron chi connectivity index (χ1n) is 6.00. The highest BCUT2D eigenvalue weighted by molar-refractivity contribution is 5.68. The van der Waals surface area contributed by atoms with E-state index in [-0.39, 0.29) is 5.82 Å². The Balaban J connectivity index is 2.25. The fourth-order valence-electron chi connectivity index (χ4n) is 2.15. The summed E-state index contributed by atoms with van der Waals surface area (Å²) in [6.45, 7) is 5.04. The number of rotatable bonds is 3. The Bertz CT molecular complexity index is 428. The van der Waals surface area contributed by atoms with Crippen molar-refractivity contribution >= 4 is 5.57 Å². The molecule has 2 nitrogen and oxygen atoms in total. The summed E-state index contributed by atoms with van der Waals surface area (Å²) in [4.78, 5) is 2.32. The third-order valence-electron chi connectivity index (χ3n) is 3.20. The Kier molecular flexibility index (Phi) is 3.79. The van der Waals surface area contributed by atoms with Crippen LogP contribution in [0.5, 0.6) is 5.75 Å². The second-order valence-corrected chi connectivity index (χ2v) is 4.23. The van der Waals surface area contributed by atoms with E-state index in [2.05, 4.69) is 17.9 Å². The number of hydrogen-bond donors (Lipinski definition) is 0. The van der Waals surface area contributed by atoms with Crippen LogP contribution in [0.4, 0.5) is 4.39 Å². The molecule has 0 saturated heterocycles. The molecule has 1 heterocycles. The molecule has 0 N–H and O–H groups in total. The number of ether oxygens (including phenoxy) is 1. The van der Waals surface area contributed by atoms with Gasteiger partial charge in [-0.3, -0.25) is 4.90 Å². The van der Waals surface area contributed by atoms with E-state index in [0.29, 0.717) is 11.3 Å². The van der Waals surface area contributed by atoms with Gasteiger partial charge in [0.2, 0.25) is 0 Å². The highest BCUT2D eigenvalue weighted by atomic mass is 19.1. The van der Waals surface area contributed by atoms with E-state index in [0.717, 1.165) is 31.6 Å². The van der Waals surface area contributed by atoms with Crippen molar-refractivity contribution in [2.24, 2.45) is 0 Å². The van der Waals surface area contributed by atoms with Crippen LogP contribution < -0.4 is 4.74 Å². The average Bonchev–Trinajstić information content (AvgIpc) is 2.38. The smallest absolute Gasteiger partial charge is 0.134 e. The molecule has 0 saturated carbocycles. The van der Waals surface area contributed by atoms with Gasteiger partial charge in [0.15, 0.2) is 0 Å². The van der Waals surface area contributed by atoms with Gasteiger partial charge in [0, 0.05) is 24.7 Å². The lowest BCUT2D eigenvalue weighted by molar-refractivity contribution is 0.321. The summed E-state index contributed by atoms with van der Waals surface area (Å²) in [5, 5.41) is 0. The van der Waals surface area contributed by atoms with Gasteiger partial charge in [-0.25, -0.2) is 4.39 Å². The molecule has 0 fully saturated rings. The van der Waals surface area contributed by atoms with Crippen molar-refractivity contribution in [3.05, 3.63) is 35.7 Å². The summed E-state index contributed by atoms with van der Waals surface area (Å²) >= 11 is 0. The molecule has 0 amide bonds. The fourth-order valence-corrected chi connectivity index (χ4v) is 2.15. The maximum absolute atomic E-state index is 13.9. The van der Waals surface area contributed by atoms with Crippen LogP contribution in [0, 0.1) is 5.82 Å². The lowest BCUT2D eigenvalue weighted by atomic mass is 10.0. The van der Waals surface area contributed by atoms with Gasteiger partial charge in [0.25, 0.3) is 0 Å². The molecule has 0 radical (unpaired) electrons. The summed E-state index contributed by atoms with van der Waals surface area (Å²) in [7, 11) is 1.55. The van der Waals surface area contributed by atoms with Gasteiger partial charge in [0.1, 0.15) is 11.6 Å². The fraction of sp³-hybridized carbons (Fsp3) is 0.429. The normalized spacial score (nSPS) is 16.8. The summed E-state index contributed by atoms with van der Waals surface area (Å²) < 4.78 is 18.9. The first-order chi connectivity index (χ1) is 8.24. The first kappa shape index (κ1) is 12.1. The monoisotopic (exact) mass is 235 g/mol. The molecule has 17 heavy (non-hydrogen) atoms. The maximum atomic E-state index is 13.9. The summed E-state index contributed by atoms with van der Waals surface area (Å²) in [5.41, 5.74) is 1.78. The molecule has 0 atom stereocenters. The molecule has 0 spiro atoms. The van der Waals surface area contributed by atoms with Crippen LogP contribution in [0.15, 0.2) is 24.3 Å². The SMILES string of the molecule is CCN1CCC=C(c2ccc(OC)cc2F)C1. The minimum absolute atomic E-state index is 0.200. The lowest BCUT2D eigenvalue weighted by Gasteiger charge is -2.26. The molecule has 1 aliphatic rings. The van der Waals surface area contributed by atoms with Crippen LogP contribution >= 0.6 is 0 Å². The zero-order valence-corrected chi connectivity index (χ0v) is 10.4. The quantitative estimate of drug-likeness (QED) is 0.798. The van der Waals surface area contributed by atoms with Crippen molar-refractivity contribution in [1.29, 1.82) is 0 Å². The maximum Gasteiger partial charge on any atom is 0.134 e. The Morgan fingerprint density at radius 3 is 2.88 bits per heavy atom. The van der Waals surface area contributed by atoms with E-state index in [1.54, 1.807) is 13.2 Å². The molecule has 0 aromatic heterocycles. The van der Waals surface area contributed by atoms with Crippen molar-refractivity contribution in [2.45, 2.75) is 13.3 Å². The molecule has 1 aliphatic heterocycles. The van der Waals surface area contributed by atoms with E-state index in [1.165, 1.54) is 6.07 Å². The molecule has 1 aromatic rings. The average molecular weight is 235 g/mol. The lowest BCUT2D eigenvalue weighted by Crippen LogP contribution is -2.29. The van der Waals surface area contributed by atoms with Crippen molar-refractivity contribution in [3.63, 3.8) is 0 Å². The number of benzene rings is 1. The minimum atomic E-state index is -0.200. The Morgan fingerprint density at radius 1 is 1.41 bits per heavy atom. The number of halogens is 1. The minimum Gasteiger partial charge on any atom is -0.497 e. The summed E-state index contributed by atoms with van der Waals surface area (Å²) in [6.07, 6.45) is 3.13. The van der Waals surface area contributed by atoms with Gasteiger partial charge in [-0.2, -0.15) is 0 Å². The van der Waals surface area contributed by atoms with E-state index < -0.39 is 0 Å². The van der Waals surface area contributed by atoms with Crippen LogP contribution in [0.2, 0.25) is 0 Å².